The van der Waals surface area contributed by atoms with E-state index in [0.29, 0.717) is 19.4 Å². The third kappa shape index (κ3) is 5.27. The van der Waals surface area contributed by atoms with E-state index in [-0.39, 0.29) is 11.9 Å². The lowest BCUT2D eigenvalue weighted by molar-refractivity contribution is -0.123. The predicted octanol–water partition coefficient (Wildman–Crippen LogP) is 1.94. The average Bonchev–Trinajstić information content (AvgIpc) is 2.62. The molecule has 2 aliphatic heterocycles. The molecule has 0 bridgehead atoms. The van der Waals surface area contributed by atoms with Gasteiger partial charge in [-0.25, -0.2) is 0 Å². The molecule has 1 amide bonds. The van der Waals surface area contributed by atoms with Crippen LogP contribution >= 0.6 is 15.9 Å². The average molecular weight is 426 g/mol. The summed E-state index contributed by atoms with van der Waals surface area (Å²) < 4.78 is 6.31. The quantitative estimate of drug-likeness (QED) is 0.754. The lowest BCUT2D eigenvalue weighted by Gasteiger charge is -2.43. The molecule has 0 saturated carbocycles. The predicted molar refractivity (Wildman–Crippen MR) is 105 cm³/mol. The van der Waals surface area contributed by atoms with Crippen LogP contribution in [0.25, 0.3) is 0 Å². The Morgan fingerprint density at radius 3 is 2.65 bits per heavy atom. The van der Waals surface area contributed by atoms with Gasteiger partial charge in [-0.1, -0.05) is 22.0 Å². The molecule has 1 aromatic rings. The molecule has 3 rings (SSSR count). The van der Waals surface area contributed by atoms with Gasteiger partial charge in [0.05, 0.1) is 24.9 Å². The molecule has 1 aromatic carbocycles. The second-order valence-electron chi connectivity index (χ2n) is 7.32. The van der Waals surface area contributed by atoms with E-state index in [1.165, 1.54) is 0 Å². The summed E-state index contributed by atoms with van der Waals surface area (Å²) in [7, 11) is 0. The Kier molecular flexibility index (Phi) is 6.69. The first-order valence-corrected chi connectivity index (χ1v) is 10.1. The SMILES string of the molecule is CC(C(=O)Nc1cccc(Br)c1)N1CCC(O)(CN2CCOCC2)CC1. The van der Waals surface area contributed by atoms with Crippen LogP contribution < -0.4 is 5.32 Å². The van der Waals surface area contributed by atoms with Gasteiger partial charge in [0.25, 0.3) is 0 Å². The van der Waals surface area contributed by atoms with Crippen molar-refractivity contribution in [3.8, 4) is 0 Å². The Morgan fingerprint density at radius 2 is 2.00 bits per heavy atom. The minimum Gasteiger partial charge on any atom is -0.388 e. The summed E-state index contributed by atoms with van der Waals surface area (Å²) in [5.41, 5.74) is 0.131. The van der Waals surface area contributed by atoms with Crippen molar-refractivity contribution < 1.29 is 14.6 Å². The molecular weight excluding hydrogens is 398 g/mol. The van der Waals surface area contributed by atoms with E-state index in [2.05, 4.69) is 31.0 Å². The lowest BCUT2D eigenvalue weighted by atomic mass is 9.90. The highest BCUT2D eigenvalue weighted by molar-refractivity contribution is 9.10. The number of nitrogens with zero attached hydrogens (tertiary/aromatic N) is 2. The fourth-order valence-electron chi connectivity index (χ4n) is 3.64. The number of carbonyl (C=O) groups excluding carboxylic acids is 1. The van der Waals surface area contributed by atoms with Crippen LogP contribution in [0.1, 0.15) is 19.8 Å². The van der Waals surface area contributed by atoms with Gasteiger partial charge in [0.2, 0.25) is 5.91 Å². The molecule has 2 N–H and O–H groups in total. The minimum absolute atomic E-state index is 0.0123. The summed E-state index contributed by atoms with van der Waals surface area (Å²) >= 11 is 3.42. The van der Waals surface area contributed by atoms with Crippen LogP contribution in [0.5, 0.6) is 0 Å². The standard InChI is InChI=1S/C19H28BrN3O3/c1-15(18(24)21-17-4-2-3-16(20)13-17)23-7-5-19(25,6-8-23)14-22-9-11-26-12-10-22/h2-4,13,15,25H,5-12,14H2,1H3,(H,21,24). The van der Waals surface area contributed by atoms with Gasteiger partial charge in [0, 0.05) is 42.9 Å². The molecule has 6 nitrogen and oxygen atoms in total. The molecule has 0 aliphatic carbocycles. The molecule has 2 saturated heterocycles. The number of hydrogen-bond acceptors (Lipinski definition) is 5. The van der Waals surface area contributed by atoms with Crippen molar-refractivity contribution in [2.24, 2.45) is 0 Å². The Labute approximate surface area is 163 Å². The number of piperidine rings is 1. The number of hydrogen-bond donors (Lipinski definition) is 2. The first kappa shape index (κ1) is 19.8. The molecule has 2 aliphatic rings. The van der Waals surface area contributed by atoms with Crippen molar-refractivity contribution in [3.05, 3.63) is 28.7 Å². The van der Waals surface area contributed by atoms with E-state index >= 15 is 0 Å². The van der Waals surface area contributed by atoms with Gasteiger partial charge >= 0.3 is 0 Å². The van der Waals surface area contributed by atoms with Gasteiger partial charge < -0.3 is 15.2 Å². The zero-order valence-corrected chi connectivity index (χ0v) is 16.9. The number of aliphatic hydroxyl groups is 1. The van der Waals surface area contributed by atoms with Gasteiger partial charge in [-0.3, -0.25) is 14.6 Å². The van der Waals surface area contributed by atoms with E-state index in [9.17, 15) is 9.90 Å². The number of ether oxygens (including phenoxy) is 1. The molecular formula is C19H28BrN3O3. The maximum atomic E-state index is 12.5. The summed E-state index contributed by atoms with van der Waals surface area (Å²) in [6.45, 7) is 7.35. The number of benzene rings is 1. The van der Waals surface area contributed by atoms with Crippen molar-refractivity contribution in [1.29, 1.82) is 0 Å². The number of amides is 1. The lowest BCUT2D eigenvalue weighted by Crippen LogP contribution is -2.55. The van der Waals surface area contributed by atoms with E-state index in [1.807, 2.05) is 31.2 Å². The number of carbonyl (C=O) groups is 1. The monoisotopic (exact) mass is 425 g/mol. The van der Waals surface area contributed by atoms with Crippen molar-refractivity contribution in [3.63, 3.8) is 0 Å². The molecule has 2 heterocycles. The molecule has 0 radical (unpaired) electrons. The second kappa shape index (κ2) is 8.80. The van der Waals surface area contributed by atoms with Crippen molar-refractivity contribution in [2.75, 3.05) is 51.3 Å². The number of β-amino-alcohol motifs (C(OH)–C–C–N with tert-alkyl or cyclic N) is 1. The number of halogens is 1. The molecule has 144 valence electrons. The normalized spacial score (nSPS) is 22.7. The molecule has 1 unspecified atom stereocenters. The molecule has 0 aromatic heterocycles. The van der Waals surface area contributed by atoms with Crippen LogP contribution in [0, 0.1) is 0 Å². The summed E-state index contributed by atoms with van der Waals surface area (Å²) in [4.78, 5) is 17.0. The summed E-state index contributed by atoms with van der Waals surface area (Å²) in [6, 6.07) is 7.38. The van der Waals surface area contributed by atoms with Gasteiger partial charge in [-0.2, -0.15) is 0 Å². The fourth-order valence-corrected chi connectivity index (χ4v) is 4.04. The van der Waals surface area contributed by atoms with Gasteiger partial charge in [-0.05, 0) is 38.0 Å². The highest BCUT2D eigenvalue weighted by atomic mass is 79.9. The largest absolute Gasteiger partial charge is 0.388 e. The highest BCUT2D eigenvalue weighted by Crippen LogP contribution is 2.25. The minimum atomic E-state index is -0.658. The highest BCUT2D eigenvalue weighted by Gasteiger charge is 2.36. The molecule has 0 spiro atoms. The fraction of sp³-hybridized carbons (Fsp3) is 0.632. The number of nitrogens with one attached hydrogen (secondary N) is 1. The van der Waals surface area contributed by atoms with E-state index in [4.69, 9.17) is 4.74 Å². The number of likely N-dealkylation sites (tertiary alicyclic amines) is 1. The van der Waals surface area contributed by atoms with Crippen LogP contribution in [0.3, 0.4) is 0 Å². The van der Waals surface area contributed by atoms with Crippen LogP contribution in [-0.4, -0.2) is 78.4 Å². The third-order valence-electron chi connectivity index (χ3n) is 5.37. The van der Waals surface area contributed by atoms with Crippen molar-refractivity contribution >= 4 is 27.5 Å². The van der Waals surface area contributed by atoms with Gasteiger partial charge in [0.15, 0.2) is 0 Å². The maximum absolute atomic E-state index is 12.5. The number of morpholine rings is 1. The van der Waals surface area contributed by atoms with Crippen molar-refractivity contribution in [2.45, 2.75) is 31.4 Å². The smallest absolute Gasteiger partial charge is 0.241 e. The zero-order chi connectivity index (χ0) is 18.6. The number of anilines is 1. The van der Waals surface area contributed by atoms with Gasteiger partial charge in [0.1, 0.15) is 0 Å². The van der Waals surface area contributed by atoms with E-state index in [1.54, 1.807) is 0 Å². The van der Waals surface area contributed by atoms with Crippen LogP contribution in [0.15, 0.2) is 28.7 Å². The maximum Gasteiger partial charge on any atom is 0.241 e. The molecule has 26 heavy (non-hydrogen) atoms. The third-order valence-corrected chi connectivity index (χ3v) is 5.86. The van der Waals surface area contributed by atoms with Crippen LogP contribution in [0.4, 0.5) is 5.69 Å². The first-order valence-electron chi connectivity index (χ1n) is 9.28. The Hall–Kier alpha value is -0.990. The molecule has 2 fully saturated rings. The zero-order valence-electron chi connectivity index (χ0n) is 15.3. The Balaban J connectivity index is 1.49. The Morgan fingerprint density at radius 1 is 1.31 bits per heavy atom. The Bertz CT molecular complexity index is 614. The summed E-state index contributed by atoms with van der Waals surface area (Å²) in [5.74, 6) is -0.0123. The summed E-state index contributed by atoms with van der Waals surface area (Å²) in [5, 5.41) is 13.9. The van der Waals surface area contributed by atoms with E-state index in [0.717, 1.165) is 49.6 Å². The molecule has 7 heteroatoms. The summed E-state index contributed by atoms with van der Waals surface area (Å²) in [6.07, 6.45) is 1.39. The van der Waals surface area contributed by atoms with Crippen LogP contribution in [-0.2, 0) is 9.53 Å². The van der Waals surface area contributed by atoms with Crippen molar-refractivity contribution in [1.82, 2.24) is 9.80 Å². The van der Waals surface area contributed by atoms with Crippen LogP contribution in [0.2, 0.25) is 0 Å². The van der Waals surface area contributed by atoms with E-state index < -0.39 is 5.60 Å². The molecule has 1 atom stereocenters. The first-order chi connectivity index (χ1) is 12.5. The number of rotatable bonds is 5. The topological polar surface area (TPSA) is 65.0 Å². The second-order valence-corrected chi connectivity index (χ2v) is 8.24. The van der Waals surface area contributed by atoms with Gasteiger partial charge in [-0.15, -0.1) is 0 Å².